The number of aliphatic carboxylic acids is 1. The van der Waals surface area contributed by atoms with Crippen molar-refractivity contribution in [2.45, 2.75) is 25.9 Å². The molecule has 0 bridgehead atoms. The second-order valence-electron chi connectivity index (χ2n) is 5.55. The lowest BCUT2D eigenvalue weighted by molar-refractivity contribution is -0.187. The van der Waals surface area contributed by atoms with Crippen LogP contribution in [0.3, 0.4) is 0 Å². The number of urea groups is 1. The largest absolute Gasteiger partial charge is 0.481 e. The summed E-state index contributed by atoms with van der Waals surface area (Å²) in [6.45, 7) is 1.16. The highest BCUT2D eigenvalue weighted by molar-refractivity contribution is 7.11. The highest BCUT2D eigenvalue weighted by Crippen LogP contribution is 2.37. The van der Waals surface area contributed by atoms with Crippen molar-refractivity contribution in [1.29, 1.82) is 0 Å². The van der Waals surface area contributed by atoms with Crippen LogP contribution in [0.4, 0.5) is 18.0 Å². The summed E-state index contributed by atoms with van der Waals surface area (Å²) in [6, 6.07) is -0.680. The Hall–Kier alpha value is -1.84. The van der Waals surface area contributed by atoms with Gasteiger partial charge in [-0.2, -0.15) is 13.2 Å². The topological polar surface area (TPSA) is 82.5 Å². The van der Waals surface area contributed by atoms with Gasteiger partial charge < -0.3 is 15.3 Å². The van der Waals surface area contributed by atoms with Crippen LogP contribution in [0.1, 0.15) is 16.8 Å². The molecule has 10 heteroatoms. The van der Waals surface area contributed by atoms with Gasteiger partial charge in [0.25, 0.3) is 0 Å². The first-order valence-corrected chi connectivity index (χ1v) is 8.30. The van der Waals surface area contributed by atoms with Crippen molar-refractivity contribution < 1.29 is 27.9 Å². The molecular formula is C14H18F3N3O3S. The molecule has 0 aromatic carbocycles. The van der Waals surface area contributed by atoms with Gasteiger partial charge in [0.2, 0.25) is 0 Å². The van der Waals surface area contributed by atoms with Gasteiger partial charge in [0, 0.05) is 37.1 Å². The molecule has 0 aliphatic carbocycles. The van der Waals surface area contributed by atoms with Crippen molar-refractivity contribution in [2.75, 3.05) is 19.6 Å². The van der Waals surface area contributed by atoms with Gasteiger partial charge in [-0.1, -0.05) is 6.92 Å². The lowest BCUT2D eigenvalue weighted by Gasteiger charge is -2.18. The second-order valence-corrected chi connectivity index (χ2v) is 6.75. The Bertz CT molecular complexity index is 606. The zero-order valence-corrected chi connectivity index (χ0v) is 13.8. The summed E-state index contributed by atoms with van der Waals surface area (Å²) in [6.07, 6.45) is -1.54. The lowest BCUT2D eigenvalue weighted by atomic mass is 9.96. The average Bonchev–Trinajstić information content (AvgIpc) is 3.13. The fraction of sp³-hybridized carbons (Fsp3) is 0.643. The van der Waals surface area contributed by atoms with Crippen LogP contribution in [-0.2, 0) is 17.6 Å². The molecule has 1 aliphatic heterocycles. The van der Waals surface area contributed by atoms with Gasteiger partial charge in [0.05, 0.1) is 16.8 Å². The zero-order chi connectivity index (χ0) is 17.9. The Morgan fingerprint density at radius 2 is 2.17 bits per heavy atom. The molecule has 2 N–H and O–H groups in total. The molecule has 24 heavy (non-hydrogen) atoms. The standard InChI is InChI=1S/C14H18F3N3O3S/c1-2-8-5-19-11(24-8)3-4-18-13(23)20-6-9(12(21)22)10(7-20)14(15,16)17/h5,9-10H,2-4,6-7H2,1H3,(H,18,23)(H,21,22)/t9-,10-/m1/s1. The number of carboxylic acids is 1. The van der Waals surface area contributed by atoms with Crippen LogP contribution in [0.2, 0.25) is 0 Å². The van der Waals surface area contributed by atoms with Crippen molar-refractivity contribution in [3.05, 3.63) is 16.1 Å². The van der Waals surface area contributed by atoms with Crippen molar-refractivity contribution in [1.82, 2.24) is 15.2 Å². The monoisotopic (exact) mass is 365 g/mol. The van der Waals surface area contributed by atoms with Gasteiger partial charge in [-0.05, 0) is 6.42 Å². The third-order valence-corrected chi connectivity index (χ3v) is 5.11. The van der Waals surface area contributed by atoms with E-state index in [0.29, 0.717) is 6.42 Å². The molecule has 134 valence electrons. The first-order valence-electron chi connectivity index (χ1n) is 7.48. The molecule has 0 radical (unpaired) electrons. The van der Waals surface area contributed by atoms with Crippen molar-refractivity contribution in [2.24, 2.45) is 11.8 Å². The minimum Gasteiger partial charge on any atom is -0.481 e. The van der Waals surface area contributed by atoms with Gasteiger partial charge in [0.15, 0.2) is 0 Å². The van der Waals surface area contributed by atoms with Gasteiger partial charge in [-0.3, -0.25) is 4.79 Å². The number of aromatic nitrogens is 1. The summed E-state index contributed by atoms with van der Waals surface area (Å²) in [7, 11) is 0. The quantitative estimate of drug-likeness (QED) is 0.838. The number of nitrogens with zero attached hydrogens (tertiary/aromatic N) is 2. The van der Waals surface area contributed by atoms with E-state index in [-0.39, 0.29) is 6.54 Å². The van der Waals surface area contributed by atoms with Crippen LogP contribution in [0.5, 0.6) is 0 Å². The Balaban J connectivity index is 1.87. The minimum atomic E-state index is -4.64. The van der Waals surface area contributed by atoms with E-state index in [1.54, 1.807) is 6.20 Å². The molecule has 1 saturated heterocycles. The van der Waals surface area contributed by atoms with E-state index >= 15 is 0 Å². The van der Waals surface area contributed by atoms with Crippen LogP contribution < -0.4 is 5.32 Å². The number of hydrogen-bond donors (Lipinski definition) is 2. The molecule has 6 nitrogen and oxygen atoms in total. The maximum atomic E-state index is 12.9. The van der Waals surface area contributed by atoms with E-state index in [4.69, 9.17) is 5.11 Å². The second kappa shape index (κ2) is 7.37. The van der Waals surface area contributed by atoms with E-state index < -0.39 is 43.1 Å². The Morgan fingerprint density at radius 3 is 2.67 bits per heavy atom. The van der Waals surface area contributed by atoms with Crippen molar-refractivity contribution in [3.63, 3.8) is 0 Å². The van der Waals surface area contributed by atoms with Gasteiger partial charge in [-0.25, -0.2) is 9.78 Å². The summed E-state index contributed by atoms with van der Waals surface area (Å²) >= 11 is 1.52. The molecule has 1 aromatic heterocycles. The molecule has 0 unspecified atom stereocenters. The Labute approximate surface area is 140 Å². The molecule has 1 aliphatic rings. The molecular weight excluding hydrogens is 347 g/mol. The fourth-order valence-corrected chi connectivity index (χ4v) is 3.43. The van der Waals surface area contributed by atoms with E-state index in [9.17, 15) is 22.8 Å². The molecule has 2 rings (SSSR count). The number of likely N-dealkylation sites (tertiary alicyclic amines) is 1. The molecule has 1 fully saturated rings. The van der Waals surface area contributed by atoms with Gasteiger partial charge in [-0.15, -0.1) is 11.3 Å². The predicted molar refractivity (Wildman–Crippen MR) is 80.8 cm³/mol. The van der Waals surface area contributed by atoms with E-state index in [1.165, 1.54) is 11.3 Å². The van der Waals surface area contributed by atoms with E-state index in [1.807, 2.05) is 6.92 Å². The number of nitrogens with one attached hydrogen (secondary N) is 1. The lowest BCUT2D eigenvalue weighted by Crippen LogP contribution is -2.40. The summed E-state index contributed by atoms with van der Waals surface area (Å²) in [5, 5.41) is 12.3. The minimum absolute atomic E-state index is 0.237. The molecule has 1 aromatic rings. The number of amides is 2. The number of hydrogen-bond acceptors (Lipinski definition) is 4. The summed E-state index contributed by atoms with van der Waals surface area (Å²) < 4.78 is 38.7. The zero-order valence-electron chi connectivity index (χ0n) is 13.0. The number of carbonyl (C=O) groups is 2. The smallest absolute Gasteiger partial charge is 0.394 e. The first kappa shape index (κ1) is 18.5. The number of aryl methyl sites for hydroxylation is 1. The predicted octanol–water partition coefficient (Wildman–Crippen LogP) is 2.15. The highest BCUT2D eigenvalue weighted by atomic mass is 32.1. The van der Waals surface area contributed by atoms with Crippen molar-refractivity contribution in [3.8, 4) is 0 Å². The van der Waals surface area contributed by atoms with Crippen LogP contribution in [-0.4, -0.2) is 52.8 Å². The first-order chi connectivity index (χ1) is 11.2. The number of carbonyl (C=O) groups excluding carboxylic acids is 1. The number of carboxylic acid groups (broad SMARTS) is 1. The molecule has 0 spiro atoms. The van der Waals surface area contributed by atoms with E-state index in [2.05, 4.69) is 10.3 Å². The SMILES string of the molecule is CCc1cnc(CCNC(=O)N2C[C@@H](C(F)(F)F)[C@H](C(=O)O)C2)s1. The molecule has 0 saturated carbocycles. The summed E-state index contributed by atoms with van der Waals surface area (Å²) in [5.74, 6) is -5.20. The fourth-order valence-electron chi connectivity index (χ4n) is 2.57. The maximum Gasteiger partial charge on any atom is 0.394 e. The summed E-state index contributed by atoms with van der Waals surface area (Å²) in [4.78, 5) is 29.2. The van der Waals surface area contributed by atoms with E-state index in [0.717, 1.165) is 21.2 Å². The number of alkyl halides is 3. The Morgan fingerprint density at radius 1 is 1.46 bits per heavy atom. The maximum absolute atomic E-state index is 12.9. The molecule has 2 amide bonds. The highest BCUT2D eigenvalue weighted by Gasteiger charge is 2.53. The molecule has 2 atom stereocenters. The third-order valence-electron chi connectivity index (χ3n) is 3.91. The molecule has 2 heterocycles. The van der Waals surface area contributed by atoms with Crippen LogP contribution in [0, 0.1) is 11.8 Å². The Kier molecular flexibility index (Phi) is 5.68. The van der Waals surface area contributed by atoms with Crippen LogP contribution in [0.25, 0.3) is 0 Å². The third kappa shape index (κ3) is 4.37. The number of thiazole rings is 1. The van der Waals surface area contributed by atoms with Gasteiger partial charge >= 0.3 is 18.2 Å². The average molecular weight is 365 g/mol. The number of rotatable bonds is 5. The summed E-state index contributed by atoms with van der Waals surface area (Å²) in [5.41, 5.74) is 0. The normalized spacial score (nSPS) is 21.1. The van der Waals surface area contributed by atoms with Gasteiger partial charge in [0.1, 0.15) is 0 Å². The number of halogens is 3. The van der Waals surface area contributed by atoms with Crippen molar-refractivity contribution >= 4 is 23.3 Å². The van der Waals surface area contributed by atoms with Crippen LogP contribution >= 0.6 is 11.3 Å². The van der Waals surface area contributed by atoms with Crippen LogP contribution in [0.15, 0.2) is 6.20 Å².